The molecule has 5 heteroatoms. The van der Waals surface area contributed by atoms with Crippen molar-refractivity contribution in [2.75, 3.05) is 5.32 Å². The zero-order chi connectivity index (χ0) is 12.9. The lowest BCUT2D eigenvalue weighted by Gasteiger charge is -2.20. The quantitative estimate of drug-likeness (QED) is 0.518. The van der Waals surface area contributed by atoms with Crippen LogP contribution in [0.4, 0.5) is 11.4 Å². The molecule has 0 atom stereocenters. The largest absolute Gasteiger partial charge is 0.453 e. The highest BCUT2D eigenvalue weighted by atomic mass is 16.6. The second-order valence-electron chi connectivity index (χ2n) is 3.81. The molecule has 0 fully saturated rings. The summed E-state index contributed by atoms with van der Waals surface area (Å²) in [4.78, 5) is 0. The molecule has 94 valence electrons. The van der Waals surface area contributed by atoms with Gasteiger partial charge in [-0.05, 0) is 24.3 Å². The number of para-hydroxylation sites is 4. The van der Waals surface area contributed by atoms with Gasteiger partial charge in [0.05, 0.1) is 23.8 Å². The molecule has 0 saturated heterocycles. The van der Waals surface area contributed by atoms with Crippen molar-refractivity contribution in [3.05, 3.63) is 60.9 Å². The van der Waals surface area contributed by atoms with Gasteiger partial charge in [-0.15, -0.1) is 0 Å². The van der Waals surface area contributed by atoms with Crippen LogP contribution in [-0.2, 0) is 0 Å². The summed E-state index contributed by atoms with van der Waals surface area (Å²) in [6, 6.07) is 15.8. The third kappa shape index (κ3) is 2.55. The summed E-state index contributed by atoms with van der Waals surface area (Å²) in [6.45, 7) is 0. The van der Waals surface area contributed by atoms with Gasteiger partial charge in [0, 0.05) is 0 Å². The van der Waals surface area contributed by atoms with Crippen molar-refractivity contribution in [1.82, 2.24) is 10.3 Å². The van der Waals surface area contributed by atoms with Crippen LogP contribution in [0.25, 0.3) is 0 Å². The van der Waals surface area contributed by atoms with E-state index in [1.165, 1.54) is 12.4 Å². The van der Waals surface area contributed by atoms with E-state index in [0.29, 0.717) is 0 Å². The summed E-state index contributed by atoms with van der Waals surface area (Å²) in [6.07, 6.45) is 2.94. The third-order valence-corrected chi connectivity index (χ3v) is 2.55. The van der Waals surface area contributed by atoms with Crippen LogP contribution >= 0.6 is 0 Å². The fourth-order valence-corrected chi connectivity index (χ4v) is 1.72. The number of benzene rings is 2. The van der Waals surface area contributed by atoms with E-state index in [1.807, 2.05) is 48.5 Å². The summed E-state index contributed by atoms with van der Waals surface area (Å²) in [5, 5.41) is 9.79. The molecule has 0 spiro atoms. The summed E-state index contributed by atoms with van der Waals surface area (Å²) >= 11 is 0. The van der Waals surface area contributed by atoms with Gasteiger partial charge in [-0.3, -0.25) is 0 Å². The number of nitrogens with zero attached hydrogens (tertiary/aromatic N) is 2. The summed E-state index contributed by atoms with van der Waals surface area (Å²) in [7, 11) is 0. The minimum absolute atomic E-state index is 0.881. The van der Waals surface area contributed by atoms with Gasteiger partial charge in [0.1, 0.15) is 0 Å². The molecule has 1 N–H and O–H groups in total. The smallest absolute Gasteiger partial charge is 0.150 e. The molecule has 0 unspecified atom stereocenters. The van der Waals surface area contributed by atoms with Gasteiger partial charge < -0.3 is 10.1 Å². The third-order valence-electron chi connectivity index (χ3n) is 2.55. The van der Waals surface area contributed by atoms with Gasteiger partial charge in [0.15, 0.2) is 11.5 Å². The van der Waals surface area contributed by atoms with Crippen LogP contribution in [0.15, 0.2) is 65.6 Å². The average molecular weight is 253 g/mol. The van der Waals surface area contributed by atoms with Crippen molar-refractivity contribution in [2.24, 2.45) is 0 Å². The Hall–Kier alpha value is -2.82. The molecule has 1 aliphatic rings. The predicted molar refractivity (Wildman–Crippen MR) is 70.5 cm³/mol. The SMILES string of the molecule is c1ccc2c(c1)Nc1ccccc1O2.c1cnon1. The van der Waals surface area contributed by atoms with E-state index in [1.54, 1.807) is 0 Å². The summed E-state index contributed by atoms with van der Waals surface area (Å²) < 4.78 is 9.80. The van der Waals surface area contributed by atoms with Gasteiger partial charge in [0.25, 0.3) is 0 Å². The first-order valence-electron chi connectivity index (χ1n) is 5.78. The first kappa shape index (κ1) is 11.3. The molecular formula is C14H11N3O2. The Morgan fingerprint density at radius 1 is 0.737 bits per heavy atom. The molecule has 3 aromatic rings. The first-order chi connectivity index (χ1) is 9.43. The van der Waals surface area contributed by atoms with E-state index in [2.05, 4.69) is 20.3 Å². The fourth-order valence-electron chi connectivity index (χ4n) is 1.72. The Morgan fingerprint density at radius 2 is 1.26 bits per heavy atom. The first-order valence-corrected chi connectivity index (χ1v) is 5.78. The van der Waals surface area contributed by atoms with Crippen molar-refractivity contribution in [1.29, 1.82) is 0 Å². The molecule has 2 heterocycles. The molecule has 0 radical (unpaired) electrons. The molecule has 0 bridgehead atoms. The number of ether oxygens (including phenoxy) is 1. The number of aromatic nitrogens is 2. The minimum Gasteiger partial charge on any atom is -0.453 e. The van der Waals surface area contributed by atoms with Gasteiger partial charge in [0.2, 0.25) is 0 Å². The van der Waals surface area contributed by atoms with E-state index >= 15 is 0 Å². The zero-order valence-electron chi connectivity index (χ0n) is 9.98. The van der Waals surface area contributed by atoms with Crippen LogP contribution in [-0.4, -0.2) is 10.3 Å². The number of rotatable bonds is 0. The number of hydrogen-bond donors (Lipinski definition) is 1. The molecule has 0 amide bonds. The molecule has 0 saturated carbocycles. The summed E-state index contributed by atoms with van der Waals surface area (Å²) in [5.41, 5.74) is 2.04. The van der Waals surface area contributed by atoms with Crippen LogP contribution in [0.1, 0.15) is 0 Å². The molecule has 2 aromatic carbocycles. The Bertz CT molecular complexity index is 549. The van der Waals surface area contributed by atoms with Crippen LogP contribution in [0.2, 0.25) is 0 Å². The van der Waals surface area contributed by atoms with Gasteiger partial charge in [-0.1, -0.05) is 34.6 Å². The Morgan fingerprint density at radius 3 is 1.74 bits per heavy atom. The van der Waals surface area contributed by atoms with Crippen LogP contribution in [0.5, 0.6) is 11.5 Å². The lowest BCUT2D eigenvalue weighted by atomic mass is 10.2. The highest BCUT2D eigenvalue weighted by Gasteiger charge is 2.13. The lowest BCUT2D eigenvalue weighted by Crippen LogP contribution is -2.01. The normalized spacial score (nSPS) is 10.9. The van der Waals surface area contributed by atoms with E-state index in [4.69, 9.17) is 4.74 Å². The Labute approximate surface area is 109 Å². The van der Waals surface area contributed by atoms with Crippen molar-refractivity contribution < 1.29 is 9.37 Å². The van der Waals surface area contributed by atoms with Gasteiger partial charge in [-0.25, -0.2) is 4.63 Å². The van der Waals surface area contributed by atoms with E-state index < -0.39 is 0 Å². The van der Waals surface area contributed by atoms with E-state index in [9.17, 15) is 0 Å². The Kier molecular flexibility index (Phi) is 3.10. The molecule has 19 heavy (non-hydrogen) atoms. The van der Waals surface area contributed by atoms with Gasteiger partial charge in [-0.2, -0.15) is 0 Å². The number of fused-ring (bicyclic) bond motifs is 2. The molecule has 1 aliphatic heterocycles. The van der Waals surface area contributed by atoms with Crippen LogP contribution in [0, 0.1) is 0 Å². The molecular weight excluding hydrogens is 242 g/mol. The number of nitrogens with one attached hydrogen (secondary N) is 1. The number of anilines is 2. The number of hydrogen-bond acceptors (Lipinski definition) is 5. The topological polar surface area (TPSA) is 60.2 Å². The van der Waals surface area contributed by atoms with Crippen molar-refractivity contribution in [3.8, 4) is 11.5 Å². The standard InChI is InChI=1S/C12H9NO.C2H2N2O/c1-3-7-11-9(5-1)13-10-6-2-4-8-12(10)14-11;1-2-4-5-3-1/h1-8,13H;1-2H. The predicted octanol–water partition coefficient (Wildman–Crippen LogP) is 3.61. The average Bonchev–Trinajstić information content (AvgIpc) is 3.04. The van der Waals surface area contributed by atoms with Crippen LogP contribution in [0.3, 0.4) is 0 Å². The monoisotopic (exact) mass is 253 g/mol. The van der Waals surface area contributed by atoms with E-state index in [-0.39, 0.29) is 0 Å². The van der Waals surface area contributed by atoms with E-state index in [0.717, 1.165) is 22.9 Å². The maximum atomic E-state index is 5.71. The Balaban J connectivity index is 0.000000187. The second kappa shape index (κ2) is 5.22. The zero-order valence-corrected chi connectivity index (χ0v) is 9.98. The summed E-state index contributed by atoms with van der Waals surface area (Å²) in [5.74, 6) is 1.76. The lowest BCUT2D eigenvalue weighted by molar-refractivity contribution is 0.307. The highest BCUT2D eigenvalue weighted by molar-refractivity contribution is 5.75. The van der Waals surface area contributed by atoms with Crippen molar-refractivity contribution in [2.45, 2.75) is 0 Å². The van der Waals surface area contributed by atoms with Gasteiger partial charge >= 0.3 is 0 Å². The highest BCUT2D eigenvalue weighted by Crippen LogP contribution is 2.40. The van der Waals surface area contributed by atoms with Crippen molar-refractivity contribution in [3.63, 3.8) is 0 Å². The molecule has 4 rings (SSSR count). The molecule has 5 nitrogen and oxygen atoms in total. The maximum Gasteiger partial charge on any atom is 0.150 e. The molecule has 0 aliphatic carbocycles. The van der Waals surface area contributed by atoms with Crippen LogP contribution < -0.4 is 10.1 Å². The molecule has 1 aromatic heterocycles. The van der Waals surface area contributed by atoms with Crippen molar-refractivity contribution >= 4 is 11.4 Å². The fraction of sp³-hybridized carbons (Fsp3) is 0. The second-order valence-corrected chi connectivity index (χ2v) is 3.81. The maximum absolute atomic E-state index is 5.71. The minimum atomic E-state index is 0.881.